The molecule has 1 unspecified atom stereocenters. The zero-order valence-electron chi connectivity index (χ0n) is 7.65. The number of piperidine rings is 1. The third kappa shape index (κ3) is 2.47. The van der Waals surface area contributed by atoms with E-state index in [9.17, 15) is 14.4 Å². The summed E-state index contributed by atoms with van der Waals surface area (Å²) in [5, 5.41) is 2.09. The lowest BCUT2D eigenvalue weighted by Gasteiger charge is -2.25. The van der Waals surface area contributed by atoms with E-state index in [0.717, 1.165) is 0 Å². The number of esters is 1. The number of methoxy groups -OCH3 is 1. The van der Waals surface area contributed by atoms with E-state index in [1.54, 1.807) is 0 Å². The van der Waals surface area contributed by atoms with E-state index < -0.39 is 17.9 Å². The standard InChI is InChI=1S/C8H11NO4S/c1-13-7(11)5-2-4(8(12)14)3-6(10)9-5/h4-5H,2-3H2,1H3,(H,9,10)(H,12,14)/t4?,5-/m0/s1. The van der Waals surface area contributed by atoms with Gasteiger partial charge >= 0.3 is 5.97 Å². The van der Waals surface area contributed by atoms with Crippen LogP contribution >= 0.6 is 12.6 Å². The molecule has 0 aromatic carbocycles. The van der Waals surface area contributed by atoms with Crippen molar-refractivity contribution in [2.75, 3.05) is 7.11 Å². The zero-order valence-corrected chi connectivity index (χ0v) is 8.54. The number of carbonyl (C=O) groups is 3. The van der Waals surface area contributed by atoms with Crippen LogP contribution in [0.25, 0.3) is 0 Å². The van der Waals surface area contributed by atoms with Crippen molar-refractivity contribution in [2.24, 2.45) is 5.92 Å². The highest BCUT2D eigenvalue weighted by molar-refractivity contribution is 7.96. The molecular weight excluding hydrogens is 206 g/mol. The Kier molecular flexibility index (Phi) is 3.51. The lowest BCUT2D eigenvalue weighted by molar-refractivity contribution is -0.147. The molecule has 0 bridgehead atoms. The summed E-state index contributed by atoms with van der Waals surface area (Å²) in [5.41, 5.74) is 0. The Morgan fingerprint density at radius 2 is 2.21 bits per heavy atom. The number of hydrogen-bond donors (Lipinski definition) is 2. The molecule has 0 radical (unpaired) electrons. The van der Waals surface area contributed by atoms with Crippen LogP contribution in [0, 0.1) is 5.92 Å². The molecule has 1 saturated heterocycles. The van der Waals surface area contributed by atoms with Crippen LogP contribution in [0.2, 0.25) is 0 Å². The molecule has 1 rings (SSSR count). The van der Waals surface area contributed by atoms with Crippen molar-refractivity contribution in [3.8, 4) is 0 Å². The van der Waals surface area contributed by atoms with E-state index in [-0.39, 0.29) is 23.9 Å². The second-order valence-electron chi connectivity index (χ2n) is 3.12. The molecule has 0 aromatic rings. The predicted molar refractivity (Wildman–Crippen MR) is 50.7 cm³/mol. The molecule has 6 heteroatoms. The first-order chi connectivity index (χ1) is 6.54. The first-order valence-electron chi connectivity index (χ1n) is 4.14. The van der Waals surface area contributed by atoms with Crippen molar-refractivity contribution >= 4 is 29.6 Å². The molecule has 0 aliphatic carbocycles. The van der Waals surface area contributed by atoms with Crippen LogP contribution in [0.1, 0.15) is 12.8 Å². The second kappa shape index (κ2) is 4.45. The van der Waals surface area contributed by atoms with E-state index in [0.29, 0.717) is 0 Å². The molecule has 1 amide bonds. The summed E-state index contributed by atoms with van der Waals surface area (Å²) in [4.78, 5) is 33.1. The first-order valence-corrected chi connectivity index (χ1v) is 4.59. The Bertz CT molecular complexity index is 279. The van der Waals surface area contributed by atoms with Gasteiger partial charge in [-0.2, -0.15) is 0 Å². The number of carbonyl (C=O) groups excluding carboxylic acids is 3. The van der Waals surface area contributed by atoms with Gasteiger partial charge in [-0.1, -0.05) is 0 Å². The van der Waals surface area contributed by atoms with Crippen LogP contribution in [-0.2, 0) is 19.1 Å². The summed E-state index contributed by atoms with van der Waals surface area (Å²) < 4.78 is 4.48. The number of nitrogens with one attached hydrogen (secondary N) is 1. The SMILES string of the molecule is COC(=O)[C@@H]1CC(C(=O)S)CC(=O)N1. The maximum Gasteiger partial charge on any atom is 0.328 e. The van der Waals surface area contributed by atoms with E-state index >= 15 is 0 Å². The zero-order chi connectivity index (χ0) is 10.7. The average molecular weight is 217 g/mol. The Morgan fingerprint density at radius 1 is 1.57 bits per heavy atom. The maximum atomic E-state index is 11.1. The third-order valence-electron chi connectivity index (χ3n) is 2.12. The molecule has 2 atom stereocenters. The predicted octanol–water partition coefficient (Wildman–Crippen LogP) is -0.489. The lowest BCUT2D eigenvalue weighted by atomic mass is 9.93. The highest BCUT2D eigenvalue weighted by Gasteiger charge is 2.34. The normalized spacial score (nSPS) is 26.6. The van der Waals surface area contributed by atoms with Crippen molar-refractivity contribution < 1.29 is 19.1 Å². The number of ether oxygens (including phenoxy) is 1. The molecule has 0 aromatic heterocycles. The van der Waals surface area contributed by atoms with Crippen LogP contribution in [0.5, 0.6) is 0 Å². The van der Waals surface area contributed by atoms with Crippen molar-refractivity contribution in [1.29, 1.82) is 0 Å². The van der Waals surface area contributed by atoms with Gasteiger partial charge in [-0.15, -0.1) is 12.6 Å². The largest absolute Gasteiger partial charge is 0.467 e. The minimum atomic E-state index is -0.720. The summed E-state index contributed by atoms with van der Waals surface area (Å²) >= 11 is 3.65. The van der Waals surface area contributed by atoms with Gasteiger partial charge in [0.05, 0.1) is 7.11 Å². The fraction of sp³-hybridized carbons (Fsp3) is 0.625. The topological polar surface area (TPSA) is 72.5 Å². The second-order valence-corrected chi connectivity index (χ2v) is 3.56. The van der Waals surface area contributed by atoms with Gasteiger partial charge in [-0.3, -0.25) is 9.59 Å². The molecule has 5 nitrogen and oxygen atoms in total. The Labute approximate surface area is 86.6 Å². The van der Waals surface area contributed by atoms with Crippen LogP contribution in [0.4, 0.5) is 0 Å². The molecule has 1 N–H and O–H groups in total. The highest BCUT2D eigenvalue weighted by Crippen LogP contribution is 2.19. The summed E-state index contributed by atoms with van der Waals surface area (Å²) in [6.45, 7) is 0. The Hall–Kier alpha value is -1.04. The summed E-state index contributed by atoms with van der Waals surface area (Å²) in [6, 6.07) is -0.720. The summed E-state index contributed by atoms with van der Waals surface area (Å²) in [7, 11) is 1.24. The van der Waals surface area contributed by atoms with E-state index in [2.05, 4.69) is 22.7 Å². The number of hydrogen-bond acceptors (Lipinski definition) is 4. The van der Waals surface area contributed by atoms with E-state index in [1.807, 2.05) is 0 Å². The maximum absolute atomic E-state index is 11.1. The highest BCUT2D eigenvalue weighted by atomic mass is 32.1. The monoisotopic (exact) mass is 217 g/mol. The molecular formula is C8H11NO4S. The van der Waals surface area contributed by atoms with Crippen LogP contribution in [-0.4, -0.2) is 30.1 Å². The third-order valence-corrected chi connectivity index (χ3v) is 2.49. The van der Waals surface area contributed by atoms with Gasteiger partial charge in [0.1, 0.15) is 6.04 Å². The molecule has 1 heterocycles. The smallest absolute Gasteiger partial charge is 0.328 e. The molecule has 1 aliphatic heterocycles. The van der Waals surface area contributed by atoms with Gasteiger partial charge in [0.15, 0.2) is 5.12 Å². The van der Waals surface area contributed by atoms with Crippen LogP contribution < -0.4 is 5.32 Å². The minimum absolute atomic E-state index is 0.0931. The van der Waals surface area contributed by atoms with Gasteiger partial charge in [0.25, 0.3) is 0 Å². The van der Waals surface area contributed by atoms with Gasteiger partial charge in [0, 0.05) is 12.3 Å². The van der Waals surface area contributed by atoms with Crippen LogP contribution in [0.15, 0.2) is 0 Å². The van der Waals surface area contributed by atoms with Gasteiger partial charge in [0.2, 0.25) is 5.91 Å². The minimum Gasteiger partial charge on any atom is -0.467 e. The molecule has 1 aliphatic rings. The molecule has 78 valence electrons. The lowest BCUT2D eigenvalue weighted by Crippen LogP contribution is -2.48. The van der Waals surface area contributed by atoms with Gasteiger partial charge < -0.3 is 10.1 Å². The van der Waals surface area contributed by atoms with Gasteiger partial charge in [-0.05, 0) is 6.42 Å². The fourth-order valence-electron chi connectivity index (χ4n) is 1.39. The fourth-order valence-corrected chi connectivity index (χ4v) is 1.59. The molecule has 0 saturated carbocycles. The van der Waals surface area contributed by atoms with E-state index in [1.165, 1.54) is 7.11 Å². The first kappa shape index (κ1) is 11.0. The van der Waals surface area contributed by atoms with Crippen molar-refractivity contribution in [3.63, 3.8) is 0 Å². The van der Waals surface area contributed by atoms with Crippen molar-refractivity contribution in [3.05, 3.63) is 0 Å². The Balaban J connectivity index is 2.67. The number of amides is 1. The summed E-state index contributed by atoms with van der Waals surface area (Å²) in [5.74, 6) is -1.34. The Morgan fingerprint density at radius 3 is 2.71 bits per heavy atom. The number of rotatable bonds is 2. The van der Waals surface area contributed by atoms with Crippen molar-refractivity contribution in [2.45, 2.75) is 18.9 Å². The summed E-state index contributed by atoms with van der Waals surface area (Å²) in [6.07, 6.45) is 0.358. The molecule has 14 heavy (non-hydrogen) atoms. The van der Waals surface area contributed by atoms with E-state index in [4.69, 9.17) is 0 Å². The molecule has 0 spiro atoms. The quantitative estimate of drug-likeness (QED) is 0.483. The average Bonchev–Trinajstić information content (AvgIpc) is 2.15. The van der Waals surface area contributed by atoms with Gasteiger partial charge in [-0.25, -0.2) is 4.79 Å². The van der Waals surface area contributed by atoms with Crippen molar-refractivity contribution in [1.82, 2.24) is 5.32 Å². The molecule has 1 fully saturated rings. The van der Waals surface area contributed by atoms with Crippen LogP contribution in [0.3, 0.4) is 0 Å². The number of thiol groups is 1.